The second-order valence-corrected chi connectivity index (χ2v) is 7.31. The van der Waals surface area contributed by atoms with Gasteiger partial charge in [-0.3, -0.25) is 9.59 Å². The maximum Gasteiger partial charge on any atom is 0.490 e. The van der Waals surface area contributed by atoms with Crippen LogP contribution >= 0.6 is 0 Å². The lowest BCUT2D eigenvalue weighted by molar-refractivity contribution is -0.192. The molecule has 34 heavy (non-hydrogen) atoms. The van der Waals surface area contributed by atoms with E-state index in [1.807, 2.05) is 47.4 Å². The third kappa shape index (κ3) is 8.39. The highest BCUT2D eigenvalue weighted by Gasteiger charge is 2.38. The Morgan fingerprint density at radius 3 is 2.24 bits per heavy atom. The quantitative estimate of drug-likeness (QED) is 0.658. The molecule has 2 aromatic rings. The zero-order valence-corrected chi connectivity index (χ0v) is 18.5. The van der Waals surface area contributed by atoms with Crippen LogP contribution in [0.1, 0.15) is 15.9 Å². The molecule has 1 saturated heterocycles. The Balaban J connectivity index is 0.000000509. The Bertz CT molecular complexity index is 964. The summed E-state index contributed by atoms with van der Waals surface area (Å²) in [6.07, 6.45) is -5.08. The molecule has 0 radical (unpaired) electrons. The number of nitrogens with one attached hydrogen (secondary N) is 1. The summed E-state index contributed by atoms with van der Waals surface area (Å²) in [7, 11) is 1.61. The summed E-state index contributed by atoms with van der Waals surface area (Å²) in [5.41, 5.74) is 1.50. The van der Waals surface area contributed by atoms with E-state index in [2.05, 4.69) is 5.32 Å². The van der Waals surface area contributed by atoms with E-state index < -0.39 is 12.1 Å². The Morgan fingerprint density at radius 2 is 1.68 bits per heavy atom. The first-order valence-corrected chi connectivity index (χ1v) is 10.4. The van der Waals surface area contributed by atoms with Gasteiger partial charge >= 0.3 is 12.1 Å². The van der Waals surface area contributed by atoms with Gasteiger partial charge in [0.1, 0.15) is 12.3 Å². The fourth-order valence-corrected chi connectivity index (χ4v) is 3.13. The summed E-state index contributed by atoms with van der Waals surface area (Å²) in [6.45, 7) is 3.33. The van der Waals surface area contributed by atoms with Crippen molar-refractivity contribution >= 4 is 17.8 Å². The van der Waals surface area contributed by atoms with Crippen molar-refractivity contribution in [1.29, 1.82) is 0 Å². The molecule has 184 valence electrons. The van der Waals surface area contributed by atoms with Gasteiger partial charge in [0.25, 0.3) is 5.91 Å². The number of nitrogens with zero attached hydrogens (tertiary/aromatic N) is 2. The van der Waals surface area contributed by atoms with Crippen LogP contribution in [-0.4, -0.2) is 78.7 Å². The summed E-state index contributed by atoms with van der Waals surface area (Å²) >= 11 is 0. The molecule has 0 saturated carbocycles. The Morgan fingerprint density at radius 1 is 1.06 bits per heavy atom. The number of carboxylic acids is 1. The van der Waals surface area contributed by atoms with Gasteiger partial charge in [0, 0.05) is 38.3 Å². The lowest BCUT2D eigenvalue weighted by atomic mass is 10.1. The van der Waals surface area contributed by atoms with Gasteiger partial charge in [0.2, 0.25) is 5.91 Å². The lowest BCUT2D eigenvalue weighted by Crippen LogP contribution is -2.50. The van der Waals surface area contributed by atoms with E-state index in [1.165, 1.54) is 0 Å². The predicted octanol–water partition coefficient (Wildman–Crippen LogP) is 2.40. The van der Waals surface area contributed by atoms with Crippen molar-refractivity contribution in [2.24, 2.45) is 0 Å². The van der Waals surface area contributed by atoms with Crippen LogP contribution in [-0.2, 0) is 16.1 Å². The van der Waals surface area contributed by atoms with Gasteiger partial charge in [-0.15, -0.1) is 0 Å². The smallest absolute Gasteiger partial charge is 0.490 e. The van der Waals surface area contributed by atoms with Crippen molar-refractivity contribution < 1.29 is 37.4 Å². The topological polar surface area (TPSA) is 99.2 Å². The Hall–Kier alpha value is -3.60. The molecule has 2 amide bonds. The zero-order valence-electron chi connectivity index (χ0n) is 18.5. The highest BCUT2D eigenvalue weighted by molar-refractivity contribution is 5.96. The maximum absolute atomic E-state index is 13.0. The van der Waals surface area contributed by atoms with E-state index in [9.17, 15) is 22.8 Å². The third-order valence-corrected chi connectivity index (χ3v) is 4.85. The molecule has 2 aromatic carbocycles. The number of carbonyl (C=O) groups excluding carboxylic acids is 2. The fraction of sp³-hybridized carbons (Fsp3) is 0.348. The Labute approximate surface area is 194 Å². The average Bonchev–Trinajstić information content (AvgIpc) is 2.84. The van der Waals surface area contributed by atoms with Crippen LogP contribution in [0.2, 0.25) is 0 Å². The average molecular weight is 481 g/mol. The number of methoxy groups -OCH3 is 1. The number of benzene rings is 2. The summed E-state index contributed by atoms with van der Waals surface area (Å²) in [5.74, 6) is -2.20. The molecule has 0 bridgehead atoms. The van der Waals surface area contributed by atoms with E-state index >= 15 is 0 Å². The first-order chi connectivity index (χ1) is 16.1. The number of halogens is 3. The second kappa shape index (κ2) is 12.6. The molecule has 2 N–H and O–H groups in total. The summed E-state index contributed by atoms with van der Waals surface area (Å²) < 4.78 is 37.0. The first-order valence-electron chi connectivity index (χ1n) is 10.4. The minimum absolute atomic E-state index is 0.0244. The van der Waals surface area contributed by atoms with Gasteiger partial charge in [-0.2, -0.15) is 13.2 Å². The monoisotopic (exact) mass is 481 g/mol. The molecule has 1 heterocycles. The number of alkyl halides is 3. The minimum atomic E-state index is -5.08. The van der Waals surface area contributed by atoms with Crippen molar-refractivity contribution in [2.45, 2.75) is 12.7 Å². The van der Waals surface area contributed by atoms with Crippen molar-refractivity contribution in [2.75, 3.05) is 39.8 Å². The number of rotatable bonds is 6. The maximum atomic E-state index is 13.0. The molecule has 0 aliphatic carbocycles. The molecule has 1 aliphatic heterocycles. The molecular weight excluding hydrogens is 455 g/mol. The third-order valence-electron chi connectivity index (χ3n) is 4.85. The van der Waals surface area contributed by atoms with Crippen molar-refractivity contribution in [3.63, 3.8) is 0 Å². The van der Waals surface area contributed by atoms with Crippen LogP contribution in [0, 0.1) is 0 Å². The number of aliphatic carboxylic acids is 1. The van der Waals surface area contributed by atoms with Gasteiger partial charge in [0.15, 0.2) is 0 Å². The van der Waals surface area contributed by atoms with Crippen LogP contribution in [0.15, 0.2) is 54.6 Å². The lowest BCUT2D eigenvalue weighted by Gasteiger charge is -2.30. The molecule has 11 heteroatoms. The molecule has 1 fully saturated rings. The van der Waals surface area contributed by atoms with E-state index in [0.29, 0.717) is 25.2 Å². The number of hydrogen-bond acceptors (Lipinski definition) is 5. The largest absolute Gasteiger partial charge is 0.497 e. The van der Waals surface area contributed by atoms with Crippen molar-refractivity contribution in [3.8, 4) is 5.75 Å². The second-order valence-electron chi connectivity index (χ2n) is 7.31. The summed E-state index contributed by atoms with van der Waals surface area (Å²) in [4.78, 5) is 38.1. The molecule has 1 aliphatic rings. The van der Waals surface area contributed by atoms with E-state index in [-0.39, 0.29) is 18.4 Å². The van der Waals surface area contributed by atoms with E-state index in [1.54, 1.807) is 24.1 Å². The minimum Gasteiger partial charge on any atom is -0.497 e. The molecular formula is C23H26F3N3O5. The predicted molar refractivity (Wildman–Crippen MR) is 117 cm³/mol. The van der Waals surface area contributed by atoms with Gasteiger partial charge in [-0.1, -0.05) is 30.3 Å². The van der Waals surface area contributed by atoms with E-state index in [0.717, 1.165) is 24.4 Å². The SMILES string of the molecule is COc1cccc(CN(CC(=O)N2CCNCC2)C(=O)c2ccccc2)c1.O=C(O)C(F)(F)F. The standard InChI is InChI=1S/C21H25N3O3.C2HF3O2/c1-27-19-9-5-6-17(14-19)15-24(21(26)18-7-3-2-4-8-18)16-20(25)23-12-10-22-11-13-23;3-2(4,5)1(6)7/h2-9,14,22H,10-13,15-16H2,1H3;(H,6,7). The number of ether oxygens (including phenoxy) is 1. The van der Waals surface area contributed by atoms with Gasteiger partial charge in [0.05, 0.1) is 7.11 Å². The number of carboxylic acid groups (broad SMARTS) is 1. The fourth-order valence-electron chi connectivity index (χ4n) is 3.13. The normalized spacial score (nSPS) is 13.4. The zero-order chi connectivity index (χ0) is 25.1. The number of hydrogen-bond donors (Lipinski definition) is 2. The van der Waals surface area contributed by atoms with Gasteiger partial charge in [-0.25, -0.2) is 4.79 Å². The van der Waals surface area contributed by atoms with Gasteiger partial charge < -0.3 is 25.0 Å². The summed E-state index contributed by atoms with van der Waals surface area (Å²) in [5, 5.41) is 10.4. The van der Waals surface area contributed by atoms with Gasteiger partial charge in [-0.05, 0) is 29.8 Å². The first kappa shape index (κ1) is 26.7. The van der Waals surface area contributed by atoms with Crippen LogP contribution in [0.25, 0.3) is 0 Å². The van der Waals surface area contributed by atoms with Crippen LogP contribution in [0.5, 0.6) is 5.75 Å². The molecule has 0 aromatic heterocycles. The number of carbonyl (C=O) groups is 3. The van der Waals surface area contributed by atoms with Crippen molar-refractivity contribution in [1.82, 2.24) is 15.1 Å². The van der Waals surface area contributed by atoms with Crippen LogP contribution in [0.3, 0.4) is 0 Å². The molecule has 0 unspecified atom stereocenters. The van der Waals surface area contributed by atoms with Crippen molar-refractivity contribution in [3.05, 3.63) is 65.7 Å². The highest BCUT2D eigenvalue weighted by Crippen LogP contribution is 2.16. The highest BCUT2D eigenvalue weighted by atomic mass is 19.4. The van der Waals surface area contributed by atoms with Crippen LogP contribution in [0.4, 0.5) is 13.2 Å². The molecule has 3 rings (SSSR count). The Kier molecular flexibility index (Phi) is 9.87. The molecule has 0 atom stereocenters. The number of piperazine rings is 1. The van der Waals surface area contributed by atoms with Crippen LogP contribution < -0.4 is 10.1 Å². The molecule has 8 nitrogen and oxygen atoms in total. The van der Waals surface area contributed by atoms with E-state index in [4.69, 9.17) is 14.6 Å². The molecule has 0 spiro atoms. The summed E-state index contributed by atoms with van der Waals surface area (Å²) in [6, 6.07) is 16.6. The number of amides is 2.